The van der Waals surface area contributed by atoms with Crippen LogP contribution in [0.2, 0.25) is 0 Å². The molecule has 0 aliphatic carbocycles. The van der Waals surface area contributed by atoms with Gasteiger partial charge in [-0.25, -0.2) is 13.1 Å². The second kappa shape index (κ2) is 6.26. The molecule has 0 atom stereocenters. The Morgan fingerprint density at radius 1 is 1.10 bits per heavy atom. The molecule has 7 heteroatoms. The van der Waals surface area contributed by atoms with Gasteiger partial charge in [-0.05, 0) is 51.8 Å². The number of hydrogen-bond acceptors (Lipinski definition) is 3. The normalized spacial score (nSPS) is 11.5. The first-order valence-electron chi connectivity index (χ1n) is 5.67. The Balaban J connectivity index is 2.17. The van der Waals surface area contributed by atoms with Gasteiger partial charge >= 0.3 is 0 Å². The molecule has 0 fully saturated rings. The second-order valence-electron chi connectivity index (χ2n) is 4.14. The van der Waals surface area contributed by atoms with Crippen LogP contribution in [-0.4, -0.2) is 8.42 Å². The number of sulfonamides is 1. The molecule has 0 aliphatic heterocycles. The van der Waals surface area contributed by atoms with Crippen molar-refractivity contribution in [3.05, 3.63) is 57.0 Å². The lowest BCUT2D eigenvalue weighted by molar-refractivity contribution is 0.581. The summed E-state index contributed by atoms with van der Waals surface area (Å²) in [6, 6.07) is 12.0. The third-order valence-electron chi connectivity index (χ3n) is 2.64. The number of benzene rings is 2. The zero-order chi connectivity index (χ0) is 14.8. The first kappa shape index (κ1) is 15.5. The quantitative estimate of drug-likeness (QED) is 0.747. The molecule has 0 saturated carbocycles. The van der Waals surface area contributed by atoms with E-state index in [9.17, 15) is 8.42 Å². The Morgan fingerprint density at radius 2 is 1.85 bits per heavy atom. The largest absolute Gasteiger partial charge is 0.398 e. The summed E-state index contributed by atoms with van der Waals surface area (Å²) in [6.45, 7) is 0.226. The summed E-state index contributed by atoms with van der Waals surface area (Å²) in [6.07, 6.45) is 0. The summed E-state index contributed by atoms with van der Waals surface area (Å²) in [5.41, 5.74) is 7.02. The molecule has 2 aromatic carbocycles. The number of hydrogen-bond donors (Lipinski definition) is 2. The summed E-state index contributed by atoms with van der Waals surface area (Å²) in [7, 11) is -3.56. The predicted molar refractivity (Wildman–Crippen MR) is 86.7 cm³/mol. The first-order chi connectivity index (χ1) is 9.38. The third-order valence-corrected chi connectivity index (χ3v) is 5.22. The second-order valence-corrected chi connectivity index (χ2v) is 7.67. The number of anilines is 1. The van der Waals surface area contributed by atoms with E-state index < -0.39 is 10.0 Å². The van der Waals surface area contributed by atoms with Gasteiger partial charge < -0.3 is 5.73 Å². The van der Waals surface area contributed by atoms with Crippen molar-refractivity contribution in [3.63, 3.8) is 0 Å². The van der Waals surface area contributed by atoms with E-state index >= 15 is 0 Å². The molecular weight excluding hydrogens is 408 g/mol. The molecule has 0 unspecified atom stereocenters. The monoisotopic (exact) mass is 418 g/mol. The van der Waals surface area contributed by atoms with Crippen molar-refractivity contribution < 1.29 is 8.42 Å². The van der Waals surface area contributed by atoms with Gasteiger partial charge in [0.2, 0.25) is 10.0 Å². The average Bonchev–Trinajstić information content (AvgIpc) is 2.40. The average molecular weight is 420 g/mol. The van der Waals surface area contributed by atoms with Crippen LogP contribution in [0.5, 0.6) is 0 Å². The van der Waals surface area contributed by atoms with Crippen LogP contribution >= 0.6 is 31.9 Å². The first-order valence-corrected chi connectivity index (χ1v) is 8.74. The lowest BCUT2D eigenvalue weighted by Gasteiger charge is -2.08. The Bertz CT molecular complexity index is 733. The molecule has 4 nitrogen and oxygen atoms in total. The number of nitrogen functional groups attached to an aromatic ring is 1. The topological polar surface area (TPSA) is 72.2 Å². The van der Waals surface area contributed by atoms with Crippen LogP contribution in [0.4, 0.5) is 5.69 Å². The van der Waals surface area contributed by atoms with Crippen molar-refractivity contribution in [2.75, 3.05) is 5.73 Å². The summed E-state index contributed by atoms with van der Waals surface area (Å²) >= 11 is 6.57. The van der Waals surface area contributed by atoms with Crippen LogP contribution in [0.15, 0.2) is 56.3 Å². The summed E-state index contributed by atoms with van der Waals surface area (Å²) < 4.78 is 28.4. The standard InChI is InChI=1S/C13H12Br2N2O2S/c14-10-3-1-2-9(6-10)8-17-20(18,19)11-4-5-13(16)12(15)7-11/h1-7,17H,8,16H2. The van der Waals surface area contributed by atoms with E-state index in [-0.39, 0.29) is 11.4 Å². The zero-order valence-corrected chi connectivity index (χ0v) is 14.3. The molecule has 20 heavy (non-hydrogen) atoms. The van der Waals surface area contributed by atoms with Crippen LogP contribution in [0, 0.1) is 0 Å². The fraction of sp³-hybridized carbons (Fsp3) is 0.0769. The predicted octanol–water partition coefficient (Wildman–Crippen LogP) is 3.27. The van der Waals surface area contributed by atoms with Crippen LogP contribution in [0.25, 0.3) is 0 Å². The van der Waals surface area contributed by atoms with Crippen LogP contribution < -0.4 is 10.5 Å². The van der Waals surface area contributed by atoms with Gasteiger partial charge in [-0.15, -0.1) is 0 Å². The zero-order valence-electron chi connectivity index (χ0n) is 10.3. The van der Waals surface area contributed by atoms with Gasteiger partial charge in [-0.2, -0.15) is 0 Å². The van der Waals surface area contributed by atoms with Gasteiger partial charge in [0.05, 0.1) is 4.90 Å². The van der Waals surface area contributed by atoms with Crippen molar-refractivity contribution >= 4 is 47.6 Å². The summed E-state index contributed by atoms with van der Waals surface area (Å²) in [5.74, 6) is 0. The van der Waals surface area contributed by atoms with E-state index in [0.29, 0.717) is 10.2 Å². The van der Waals surface area contributed by atoms with Crippen molar-refractivity contribution in [1.29, 1.82) is 0 Å². The molecule has 0 radical (unpaired) electrons. The molecule has 2 aromatic rings. The highest BCUT2D eigenvalue weighted by atomic mass is 79.9. The number of rotatable bonds is 4. The summed E-state index contributed by atoms with van der Waals surface area (Å²) in [5, 5.41) is 0. The molecule has 0 saturated heterocycles. The van der Waals surface area contributed by atoms with Crippen molar-refractivity contribution in [3.8, 4) is 0 Å². The number of nitrogens with two attached hydrogens (primary N) is 1. The Hall–Kier alpha value is -0.890. The maximum absolute atomic E-state index is 12.2. The molecule has 0 heterocycles. The van der Waals surface area contributed by atoms with Gasteiger partial charge in [0.1, 0.15) is 0 Å². The van der Waals surface area contributed by atoms with Gasteiger partial charge in [0, 0.05) is 21.2 Å². The summed E-state index contributed by atoms with van der Waals surface area (Å²) in [4.78, 5) is 0.175. The van der Waals surface area contributed by atoms with Gasteiger partial charge in [-0.1, -0.05) is 28.1 Å². The van der Waals surface area contributed by atoms with Crippen LogP contribution in [-0.2, 0) is 16.6 Å². The maximum atomic E-state index is 12.2. The van der Waals surface area contributed by atoms with E-state index in [0.717, 1.165) is 10.0 Å². The van der Waals surface area contributed by atoms with Crippen molar-refractivity contribution in [2.45, 2.75) is 11.4 Å². The van der Waals surface area contributed by atoms with E-state index in [1.165, 1.54) is 12.1 Å². The van der Waals surface area contributed by atoms with E-state index in [2.05, 4.69) is 36.6 Å². The minimum Gasteiger partial charge on any atom is -0.398 e. The van der Waals surface area contributed by atoms with Crippen LogP contribution in [0.3, 0.4) is 0 Å². The third kappa shape index (κ3) is 3.82. The molecule has 2 rings (SSSR count). The molecule has 0 spiro atoms. The van der Waals surface area contributed by atoms with Gasteiger partial charge in [0.15, 0.2) is 0 Å². The minimum absolute atomic E-state index is 0.175. The fourth-order valence-corrected chi connectivity index (χ4v) is 3.60. The van der Waals surface area contributed by atoms with Crippen molar-refractivity contribution in [1.82, 2.24) is 4.72 Å². The van der Waals surface area contributed by atoms with Gasteiger partial charge in [0.25, 0.3) is 0 Å². The highest BCUT2D eigenvalue weighted by Gasteiger charge is 2.14. The molecule has 0 aromatic heterocycles. The minimum atomic E-state index is -3.56. The highest BCUT2D eigenvalue weighted by Crippen LogP contribution is 2.23. The number of halogens is 2. The molecule has 0 aliphatic rings. The Kier molecular flexibility index (Phi) is 4.85. The van der Waals surface area contributed by atoms with Crippen molar-refractivity contribution in [2.24, 2.45) is 0 Å². The smallest absolute Gasteiger partial charge is 0.240 e. The molecule has 0 amide bonds. The maximum Gasteiger partial charge on any atom is 0.240 e. The molecular formula is C13H12Br2N2O2S. The number of nitrogens with one attached hydrogen (secondary N) is 1. The van der Waals surface area contributed by atoms with E-state index in [1.54, 1.807) is 6.07 Å². The van der Waals surface area contributed by atoms with Crippen LogP contribution in [0.1, 0.15) is 5.56 Å². The van der Waals surface area contributed by atoms with E-state index in [4.69, 9.17) is 5.73 Å². The molecule has 106 valence electrons. The Labute approximate surface area is 134 Å². The van der Waals surface area contributed by atoms with E-state index in [1.807, 2.05) is 24.3 Å². The van der Waals surface area contributed by atoms with Gasteiger partial charge in [-0.3, -0.25) is 0 Å². The molecule has 3 N–H and O–H groups in total. The lowest BCUT2D eigenvalue weighted by Crippen LogP contribution is -2.23. The Morgan fingerprint density at radius 3 is 2.50 bits per heavy atom. The highest BCUT2D eigenvalue weighted by molar-refractivity contribution is 9.10. The molecule has 0 bridgehead atoms. The SMILES string of the molecule is Nc1ccc(S(=O)(=O)NCc2cccc(Br)c2)cc1Br. The fourth-order valence-electron chi connectivity index (χ4n) is 1.58. The lowest BCUT2D eigenvalue weighted by atomic mass is 10.2.